The smallest absolute Gasteiger partial charge is 0.290 e. The Bertz CT molecular complexity index is 1260. The Balaban J connectivity index is 0.00000121. The molecule has 4 rings (SSSR count). The number of amides is 1. The second-order valence-corrected chi connectivity index (χ2v) is 8.88. The van der Waals surface area contributed by atoms with Crippen LogP contribution in [0.2, 0.25) is 0 Å². The Morgan fingerprint density at radius 1 is 1.19 bits per heavy atom. The van der Waals surface area contributed by atoms with E-state index in [0.29, 0.717) is 48.4 Å². The number of carbonyl (C=O) groups is 2. The molecule has 0 unspecified atom stereocenters. The predicted octanol–water partition coefficient (Wildman–Crippen LogP) is 4.70. The van der Waals surface area contributed by atoms with Gasteiger partial charge < -0.3 is 25.8 Å². The van der Waals surface area contributed by atoms with Crippen molar-refractivity contribution in [2.24, 2.45) is 5.92 Å². The Kier molecular flexibility index (Phi) is 9.54. The fraction of sp³-hybridized carbons (Fsp3) is 0.296. The fourth-order valence-electron chi connectivity index (χ4n) is 3.54. The van der Waals surface area contributed by atoms with E-state index in [1.807, 2.05) is 50.3 Å². The molecule has 1 amide bonds. The number of hydrogen-bond acceptors (Lipinski definition) is 8. The number of hydrogen-bond donors (Lipinski definition) is 4. The summed E-state index contributed by atoms with van der Waals surface area (Å²) in [6, 6.07) is 9.66. The third-order valence-electron chi connectivity index (χ3n) is 5.40. The van der Waals surface area contributed by atoms with Crippen LogP contribution in [0.3, 0.4) is 0 Å². The van der Waals surface area contributed by atoms with Crippen molar-refractivity contribution >= 4 is 35.8 Å². The van der Waals surface area contributed by atoms with Gasteiger partial charge in [-0.1, -0.05) is 13.8 Å². The first kappa shape index (κ1) is 27.1. The maximum atomic E-state index is 12.7. The van der Waals surface area contributed by atoms with Gasteiger partial charge in [0.25, 0.3) is 6.47 Å². The Hall–Kier alpha value is -4.47. The lowest BCUT2D eigenvalue weighted by molar-refractivity contribution is -0.123. The molecular weight excluding hydrogens is 472 g/mol. The van der Waals surface area contributed by atoms with E-state index in [2.05, 4.69) is 44.7 Å². The summed E-state index contributed by atoms with van der Waals surface area (Å²) in [5.74, 6) is 3.11. The van der Waals surface area contributed by atoms with E-state index in [-0.39, 0.29) is 12.4 Å². The van der Waals surface area contributed by atoms with Crippen molar-refractivity contribution in [3.05, 3.63) is 65.2 Å². The highest BCUT2D eigenvalue weighted by Crippen LogP contribution is 2.31. The second kappa shape index (κ2) is 13.0. The number of anilines is 3. The monoisotopic (exact) mass is 504 g/mol. The number of ether oxygens (including phenoxy) is 1. The number of aromatic nitrogens is 3. The molecule has 3 aromatic rings. The van der Waals surface area contributed by atoms with Crippen LogP contribution in [0.5, 0.6) is 11.5 Å². The molecule has 0 saturated heterocycles. The number of aryl methyl sites for hydroxylation is 2. The molecule has 37 heavy (non-hydrogen) atoms. The Morgan fingerprint density at radius 3 is 2.65 bits per heavy atom. The number of fused-ring (bicyclic) bond motifs is 1. The van der Waals surface area contributed by atoms with Gasteiger partial charge in [0.15, 0.2) is 0 Å². The van der Waals surface area contributed by atoms with Gasteiger partial charge >= 0.3 is 0 Å². The molecule has 1 aliphatic rings. The van der Waals surface area contributed by atoms with Crippen molar-refractivity contribution < 1.29 is 19.4 Å². The number of nitrogens with zero attached hydrogens (tertiary/aromatic N) is 3. The van der Waals surface area contributed by atoms with Crippen LogP contribution in [-0.2, 0) is 9.59 Å². The molecule has 4 N–H and O–H groups in total. The van der Waals surface area contributed by atoms with Crippen LogP contribution in [0.15, 0.2) is 48.4 Å². The van der Waals surface area contributed by atoms with Gasteiger partial charge in [-0.2, -0.15) is 0 Å². The molecule has 3 heterocycles. The van der Waals surface area contributed by atoms with Gasteiger partial charge in [0, 0.05) is 30.0 Å². The molecule has 0 spiro atoms. The van der Waals surface area contributed by atoms with E-state index in [1.165, 1.54) is 6.33 Å². The molecule has 10 nitrogen and oxygen atoms in total. The highest BCUT2D eigenvalue weighted by atomic mass is 16.5. The van der Waals surface area contributed by atoms with Crippen molar-refractivity contribution in [1.29, 1.82) is 0 Å². The third-order valence-corrected chi connectivity index (χ3v) is 5.40. The second-order valence-electron chi connectivity index (χ2n) is 8.88. The number of carboxylic acid groups (broad SMARTS) is 1. The van der Waals surface area contributed by atoms with E-state index in [1.54, 1.807) is 6.20 Å². The van der Waals surface area contributed by atoms with Crippen molar-refractivity contribution in [3.63, 3.8) is 0 Å². The van der Waals surface area contributed by atoms with Crippen LogP contribution in [0.25, 0.3) is 6.08 Å². The molecule has 0 fully saturated rings. The van der Waals surface area contributed by atoms with Crippen molar-refractivity contribution in [1.82, 2.24) is 20.3 Å². The van der Waals surface area contributed by atoms with E-state index in [0.717, 1.165) is 28.3 Å². The standard InChI is InChI=1S/C26H30N6O2.CH2O2/c1-16(2)13-29-26(33)19-9-10-27-24-22(12-19)25(31-15-30-24)32-20-6-8-23(17(3)11-20)34-21-7-5-18(4)28-14-21;2-1-3/h5-8,11-12,14-16H,9-10,13H2,1-4H3,(H,29,33)(H2,27,30,31,32);1H,(H,2,3). The van der Waals surface area contributed by atoms with Gasteiger partial charge in [-0.05, 0) is 68.2 Å². The summed E-state index contributed by atoms with van der Waals surface area (Å²) >= 11 is 0. The summed E-state index contributed by atoms with van der Waals surface area (Å²) in [5, 5.41) is 16.6. The van der Waals surface area contributed by atoms with Crippen molar-refractivity contribution in [2.75, 3.05) is 23.7 Å². The first-order valence-corrected chi connectivity index (χ1v) is 11.9. The van der Waals surface area contributed by atoms with E-state index in [4.69, 9.17) is 14.6 Å². The largest absolute Gasteiger partial charge is 0.483 e. The number of benzene rings is 1. The first-order valence-electron chi connectivity index (χ1n) is 11.9. The Morgan fingerprint density at radius 2 is 1.97 bits per heavy atom. The van der Waals surface area contributed by atoms with Gasteiger partial charge in [-0.25, -0.2) is 9.97 Å². The minimum absolute atomic E-state index is 0.0545. The SMILES string of the molecule is Cc1ccc(Oc2ccc(Nc3ncnc4c3C=C(C(=O)NCC(C)C)CCN4)cc2C)cn1.O=CO. The van der Waals surface area contributed by atoms with Crippen LogP contribution < -0.4 is 20.7 Å². The molecule has 0 aliphatic carbocycles. The average Bonchev–Trinajstić information content (AvgIpc) is 3.09. The normalized spacial score (nSPS) is 12.1. The molecule has 0 atom stereocenters. The molecule has 0 saturated carbocycles. The van der Waals surface area contributed by atoms with Gasteiger partial charge in [0.05, 0.1) is 11.8 Å². The topological polar surface area (TPSA) is 138 Å². The lowest BCUT2D eigenvalue weighted by Crippen LogP contribution is -2.29. The summed E-state index contributed by atoms with van der Waals surface area (Å²) in [4.78, 5) is 34.2. The minimum atomic E-state index is -0.250. The first-order chi connectivity index (χ1) is 17.8. The summed E-state index contributed by atoms with van der Waals surface area (Å²) in [6.07, 6.45) is 5.71. The van der Waals surface area contributed by atoms with Crippen LogP contribution in [0.4, 0.5) is 17.3 Å². The zero-order valence-corrected chi connectivity index (χ0v) is 21.4. The van der Waals surface area contributed by atoms with Crippen LogP contribution in [0, 0.1) is 19.8 Å². The molecule has 2 aromatic heterocycles. The van der Waals surface area contributed by atoms with Crippen molar-refractivity contribution in [3.8, 4) is 11.5 Å². The zero-order valence-electron chi connectivity index (χ0n) is 21.4. The van der Waals surface area contributed by atoms with Gasteiger partial charge in [0.1, 0.15) is 29.5 Å². The van der Waals surface area contributed by atoms with Gasteiger partial charge in [-0.3, -0.25) is 14.6 Å². The van der Waals surface area contributed by atoms with Gasteiger partial charge in [-0.15, -0.1) is 0 Å². The lowest BCUT2D eigenvalue weighted by atomic mass is 10.1. The predicted molar refractivity (Wildman–Crippen MR) is 143 cm³/mol. The minimum Gasteiger partial charge on any atom is -0.483 e. The summed E-state index contributed by atoms with van der Waals surface area (Å²) in [6.45, 7) is 9.09. The summed E-state index contributed by atoms with van der Waals surface area (Å²) in [7, 11) is 0. The lowest BCUT2D eigenvalue weighted by Gasteiger charge is -2.14. The maximum absolute atomic E-state index is 12.7. The van der Waals surface area contributed by atoms with Crippen LogP contribution in [0.1, 0.15) is 37.1 Å². The van der Waals surface area contributed by atoms with Crippen LogP contribution >= 0.6 is 0 Å². The average molecular weight is 505 g/mol. The molecule has 1 aliphatic heterocycles. The molecule has 0 radical (unpaired) electrons. The Labute approximate surface area is 216 Å². The summed E-state index contributed by atoms with van der Waals surface area (Å²) in [5.41, 5.74) is 4.23. The molecule has 1 aromatic carbocycles. The van der Waals surface area contributed by atoms with Crippen molar-refractivity contribution in [2.45, 2.75) is 34.1 Å². The van der Waals surface area contributed by atoms with E-state index in [9.17, 15) is 4.79 Å². The molecule has 194 valence electrons. The fourth-order valence-corrected chi connectivity index (χ4v) is 3.54. The highest BCUT2D eigenvalue weighted by Gasteiger charge is 2.18. The van der Waals surface area contributed by atoms with E-state index < -0.39 is 0 Å². The maximum Gasteiger partial charge on any atom is 0.290 e. The number of nitrogens with one attached hydrogen (secondary N) is 3. The van der Waals surface area contributed by atoms with E-state index >= 15 is 0 Å². The highest BCUT2D eigenvalue weighted by molar-refractivity contribution is 6.00. The molecule has 10 heteroatoms. The molecule has 0 bridgehead atoms. The number of rotatable bonds is 7. The number of pyridine rings is 1. The molecular formula is C27H32N6O4. The summed E-state index contributed by atoms with van der Waals surface area (Å²) < 4.78 is 5.98. The number of carbonyl (C=O) groups excluding carboxylic acids is 1. The quantitative estimate of drug-likeness (QED) is 0.337. The van der Waals surface area contributed by atoms with Gasteiger partial charge in [0.2, 0.25) is 5.91 Å². The zero-order chi connectivity index (χ0) is 26.8. The third kappa shape index (κ3) is 7.76. The van der Waals surface area contributed by atoms with Crippen LogP contribution in [-0.4, -0.2) is 45.5 Å².